The molecular formula is C20H25FN2O2. The van der Waals surface area contributed by atoms with Gasteiger partial charge in [0.1, 0.15) is 5.82 Å². The van der Waals surface area contributed by atoms with E-state index in [9.17, 15) is 14.0 Å². The van der Waals surface area contributed by atoms with E-state index in [1.807, 2.05) is 0 Å². The minimum atomic E-state index is -0.334. The van der Waals surface area contributed by atoms with Crippen molar-refractivity contribution in [3.8, 4) is 0 Å². The minimum absolute atomic E-state index is 0.0439. The second-order valence-electron chi connectivity index (χ2n) is 6.91. The van der Waals surface area contributed by atoms with Crippen LogP contribution in [-0.2, 0) is 16.1 Å². The Morgan fingerprint density at radius 2 is 2.12 bits per heavy atom. The highest BCUT2D eigenvalue weighted by Crippen LogP contribution is 2.23. The molecule has 1 saturated heterocycles. The lowest BCUT2D eigenvalue weighted by atomic mass is 9.97. The standard InChI is InChI=1S/C20H25FN2O2/c21-18-9-5-4-8-16(18)13-22-20(25)17-12-19(24)23(14-17)11-10-15-6-2-1-3-7-15/h4-6,8-9,17H,1-3,7,10-14H2,(H,22,25). The predicted octanol–water partition coefficient (Wildman–Crippen LogP) is 3.18. The Labute approximate surface area is 148 Å². The van der Waals surface area contributed by atoms with E-state index in [0.29, 0.717) is 18.7 Å². The van der Waals surface area contributed by atoms with Gasteiger partial charge in [-0.3, -0.25) is 9.59 Å². The van der Waals surface area contributed by atoms with Gasteiger partial charge in [-0.1, -0.05) is 29.8 Å². The molecule has 1 unspecified atom stereocenters. The monoisotopic (exact) mass is 344 g/mol. The molecule has 0 spiro atoms. The number of allylic oxidation sites excluding steroid dienone is 1. The molecule has 0 bridgehead atoms. The number of nitrogens with zero attached hydrogens (tertiary/aromatic N) is 1. The number of benzene rings is 1. The van der Waals surface area contributed by atoms with Gasteiger partial charge in [-0.05, 0) is 38.2 Å². The fourth-order valence-electron chi connectivity index (χ4n) is 3.54. The molecule has 5 heteroatoms. The summed E-state index contributed by atoms with van der Waals surface area (Å²) in [4.78, 5) is 26.3. The molecule has 0 aromatic heterocycles. The number of likely N-dealkylation sites (tertiary alicyclic amines) is 1. The van der Waals surface area contributed by atoms with Gasteiger partial charge in [0.25, 0.3) is 0 Å². The van der Waals surface area contributed by atoms with Crippen molar-refractivity contribution in [1.29, 1.82) is 0 Å². The third-order valence-corrected chi connectivity index (χ3v) is 5.08. The van der Waals surface area contributed by atoms with Gasteiger partial charge in [0.15, 0.2) is 0 Å². The van der Waals surface area contributed by atoms with Gasteiger partial charge in [0, 0.05) is 31.6 Å². The normalized spacial score (nSPS) is 20.5. The zero-order chi connectivity index (χ0) is 17.6. The first kappa shape index (κ1) is 17.6. The Hall–Kier alpha value is -2.17. The van der Waals surface area contributed by atoms with Crippen molar-refractivity contribution in [3.63, 3.8) is 0 Å². The molecule has 2 amide bonds. The van der Waals surface area contributed by atoms with Crippen LogP contribution in [0.25, 0.3) is 0 Å². The van der Waals surface area contributed by atoms with E-state index in [0.717, 1.165) is 19.3 Å². The van der Waals surface area contributed by atoms with Crippen LogP contribution >= 0.6 is 0 Å². The van der Waals surface area contributed by atoms with E-state index in [1.54, 1.807) is 23.1 Å². The number of nitrogens with one attached hydrogen (secondary N) is 1. The fourth-order valence-corrected chi connectivity index (χ4v) is 3.54. The molecule has 1 aliphatic carbocycles. The summed E-state index contributed by atoms with van der Waals surface area (Å²) in [6, 6.07) is 6.39. The van der Waals surface area contributed by atoms with E-state index in [1.165, 1.54) is 24.5 Å². The first-order valence-electron chi connectivity index (χ1n) is 9.10. The van der Waals surface area contributed by atoms with E-state index < -0.39 is 0 Å². The Bertz CT molecular complexity index is 671. The van der Waals surface area contributed by atoms with Crippen molar-refractivity contribution < 1.29 is 14.0 Å². The number of carbonyl (C=O) groups excluding carboxylic acids is 2. The van der Waals surface area contributed by atoms with Crippen LogP contribution < -0.4 is 5.32 Å². The second-order valence-corrected chi connectivity index (χ2v) is 6.91. The van der Waals surface area contributed by atoms with Crippen LogP contribution in [-0.4, -0.2) is 29.8 Å². The highest BCUT2D eigenvalue weighted by molar-refractivity contribution is 5.89. The van der Waals surface area contributed by atoms with Crippen molar-refractivity contribution in [2.45, 2.75) is 45.1 Å². The molecule has 1 aromatic carbocycles. The van der Waals surface area contributed by atoms with Gasteiger partial charge < -0.3 is 10.2 Å². The summed E-state index contributed by atoms with van der Waals surface area (Å²) in [5, 5.41) is 2.76. The molecule has 1 atom stereocenters. The Kier molecular flexibility index (Phi) is 5.84. The molecule has 25 heavy (non-hydrogen) atoms. The van der Waals surface area contributed by atoms with Crippen molar-refractivity contribution in [1.82, 2.24) is 10.2 Å². The van der Waals surface area contributed by atoms with Gasteiger partial charge in [-0.15, -0.1) is 0 Å². The summed E-state index contributed by atoms with van der Waals surface area (Å²) in [5.74, 6) is -0.786. The Morgan fingerprint density at radius 3 is 2.88 bits per heavy atom. The second kappa shape index (κ2) is 8.28. The lowest BCUT2D eigenvalue weighted by molar-refractivity contribution is -0.129. The SMILES string of the molecule is O=C(NCc1ccccc1F)C1CC(=O)N(CCC2=CCCCC2)C1. The lowest BCUT2D eigenvalue weighted by Gasteiger charge is -2.19. The maximum atomic E-state index is 13.6. The zero-order valence-corrected chi connectivity index (χ0v) is 14.5. The Balaban J connectivity index is 1.47. The van der Waals surface area contributed by atoms with Gasteiger partial charge in [-0.2, -0.15) is 0 Å². The van der Waals surface area contributed by atoms with Crippen LogP contribution in [0.1, 0.15) is 44.1 Å². The van der Waals surface area contributed by atoms with Crippen LogP contribution in [0.3, 0.4) is 0 Å². The first-order valence-corrected chi connectivity index (χ1v) is 9.10. The zero-order valence-electron chi connectivity index (χ0n) is 14.5. The summed E-state index contributed by atoms with van der Waals surface area (Å²) in [5.41, 5.74) is 1.90. The summed E-state index contributed by atoms with van der Waals surface area (Å²) in [7, 11) is 0. The number of rotatable bonds is 6. The van der Waals surface area contributed by atoms with Crippen LogP contribution in [0.2, 0.25) is 0 Å². The molecule has 4 nitrogen and oxygen atoms in total. The van der Waals surface area contributed by atoms with Crippen molar-refractivity contribution in [2.75, 3.05) is 13.1 Å². The van der Waals surface area contributed by atoms with Gasteiger partial charge in [0.05, 0.1) is 5.92 Å². The Morgan fingerprint density at radius 1 is 1.28 bits per heavy atom. The largest absolute Gasteiger partial charge is 0.352 e. The van der Waals surface area contributed by atoms with Crippen molar-refractivity contribution in [3.05, 3.63) is 47.3 Å². The van der Waals surface area contributed by atoms with Crippen molar-refractivity contribution >= 4 is 11.8 Å². The average molecular weight is 344 g/mol. The average Bonchev–Trinajstić information content (AvgIpc) is 3.01. The van der Waals surface area contributed by atoms with E-state index in [2.05, 4.69) is 11.4 Å². The van der Waals surface area contributed by atoms with Crippen LogP contribution in [0.15, 0.2) is 35.9 Å². The summed E-state index contributed by atoms with van der Waals surface area (Å²) < 4.78 is 13.6. The third-order valence-electron chi connectivity index (χ3n) is 5.08. The molecular weight excluding hydrogens is 319 g/mol. The highest BCUT2D eigenvalue weighted by Gasteiger charge is 2.33. The summed E-state index contributed by atoms with van der Waals surface area (Å²) in [6.07, 6.45) is 8.23. The molecule has 1 N–H and O–H groups in total. The molecule has 3 rings (SSSR count). The predicted molar refractivity (Wildman–Crippen MR) is 94.1 cm³/mol. The van der Waals surface area contributed by atoms with Gasteiger partial charge in [-0.25, -0.2) is 4.39 Å². The number of carbonyl (C=O) groups is 2. The van der Waals surface area contributed by atoms with Crippen LogP contribution in [0.4, 0.5) is 4.39 Å². The van der Waals surface area contributed by atoms with E-state index >= 15 is 0 Å². The molecule has 2 aliphatic rings. The van der Waals surface area contributed by atoms with Gasteiger partial charge in [0.2, 0.25) is 11.8 Å². The first-order chi connectivity index (χ1) is 12.1. The van der Waals surface area contributed by atoms with Crippen LogP contribution in [0.5, 0.6) is 0 Å². The summed E-state index contributed by atoms with van der Waals surface area (Å²) >= 11 is 0. The molecule has 0 saturated carbocycles. The summed E-state index contributed by atoms with van der Waals surface area (Å²) in [6.45, 7) is 1.32. The quantitative estimate of drug-likeness (QED) is 0.806. The minimum Gasteiger partial charge on any atom is -0.352 e. The molecule has 134 valence electrons. The van der Waals surface area contributed by atoms with Crippen LogP contribution in [0, 0.1) is 11.7 Å². The van der Waals surface area contributed by atoms with E-state index in [4.69, 9.17) is 0 Å². The number of halogens is 1. The topological polar surface area (TPSA) is 49.4 Å². The fraction of sp³-hybridized carbons (Fsp3) is 0.500. The maximum Gasteiger partial charge on any atom is 0.225 e. The smallest absolute Gasteiger partial charge is 0.225 e. The maximum absolute atomic E-state index is 13.6. The third kappa shape index (κ3) is 4.68. The molecule has 1 aliphatic heterocycles. The molecule has 1 heterocycles. The highest BCUT2D eigenvalue weighted by atomic mass is 19.1. The lowest BCUT2D eigenvalue weighted by Crippen LogP contribution is -2.33. The number of hydrogen-bond acceptors (Lipinski definition) is 2. The molecule has 1 fully saturated rings. The number of amides is 2. The molecule has 1 aromatic rings. The van der Waals surface area contributed by atoms with Gasteiger partial charge >= 0.3 is 0 Å². The van der Waals surface area contributed by atoms with Crippen molar-refractivity contribution in [2.24, 2.45) is 5.92 Å². The molecule has 0 radical (unpaired) electrons. The number of hydrogen-bond donors (Lipinski definition) is 1. The van der Waals surface area contributed by atoms with E-state index in [-0.39, 0.29) is 36.5 Å².